The van der Waals surface area contributed by atoms with E-state index in [4.69, 9.17) is 24.7 Å². The fourth-order valence-corrected chi connectivity index (χ4v) is 2.74. The third-order valence-corrected chi connectivity index (χ3v) is 3.79. The molecule has 8 heteroatoms. The molecule has 0 fully saturated rings. The fraction of sp³-hybridized carbons (Fsp3) is 0.412. The SMILES string of the molecule is CCOC(=O)C1=C(C)NC(N)=NC1c1ccc(OC)c(OC)c1OC. The van der Waals surface area contributed by atoms with Crippen LogP contribution < -0.4 is 25.3 Å². The van der Waals surface area contributed by atoms with Crippen molar-refractivity contribution in [3.8, 4) is 17.2 Å². The molecule has 1 aliphatic rings. The maximum absolute atomic E-state index is 12.4. The van der Waals surface area contributed by atoms with Gasteiger partial charge < -0.3 is 30.0 Å². The Morgan fingerprint density at radius 3 is 2.44 bits per heavy atom. The molecule has 8 nitrogen and oxygen atoms in total. The lowest BCUT2D eigenvalue weighted by Gasteiger charge is -2.26. The van der Waals surface area contributed by atoms with Crippen molar-refractivity contribution in [2.24, 2.45) is 10.7 Å². The molecule has 1 aliphatic heterocycles. The van der Waals surface area contributed by atoms with Crippen LogP contribution in [0, 0.1) is 0 Å². The van der Waals surface area contributed by atoms with Crippen molar-refractivity contribution in [1.82, 2.24) is 5.32 Å². The van der Waals surface area contributed by atoms with E-state index in [-0.39, 0.29) is 12.6 Å². The van der Waals surface area contributed by atoms with Crippen molar-refractivity contribution in [2.45, 2.75) is 19.9 Å². The van der Waals surface area contributed by atoms with Crippen LogP contribution in [0.1, 0.15) is 25.5 Å². The van der Waals surface area contributed by atoms with Gasteiger partial charge >= 0.3 is 5.97 Å². The molecule has 0 bridgehead atoms. The summed E-state index contributed by atoms with van der Waals surface area (Å²) in [5.41, 5.74) is 7.42. The van der Waals surface area contributed by atoms with Gasteiger partial charge in [0, 0.05) is 11.3 Å². The van der Waals surface area contributed by atoms with E-state index in [0.29, 0.717) is 34.1 Å². The zero-order chi connectivity index (χ0) is 18.6. The number of guanidine groups is 1. The number of nitrogens with zero attached hydrogens (tertiary/aromatic N) is 1. The Bertz CT molecular complexity index is 727. The van der Waals surface area contributed by atoms with Gasteiger partial charge in [-0.3, -0.25) is 0 Å². The van der Waals surface area contributed by atoms with Crippen molar-refractivity contribution >= 4 is 11.9 Å². The zero-order valence-electron chi connectivity index (χ0n) is 15.0. The van der Waals surface area contributed by atoms with Crippen LogP contribution in [0.4, 0.5) is 0 Å². The first-order chi connectivity index (χ1) is 12.0. The maximum Gasteiger partial charge on any atom is 0.338 e. The highest BCUT2D eigenvalue weighted by Gasteiger charge is 2.33. The molecule has 1 heterocycles. The third-order valence-electron chi connectivity index (χ3n) is 3.79. The average molecular weight is 349 g/mol. The summed E-state index contributed by atoms with van der Waals surface area (Å²) in [4.78, 5) is 16.8. The number of aliphatic imine (C=N–C) groups is 1. The van der Waals surface area contributed by atoms with E-state index < -0.39 is 12.0 Å². The Kier molecular flexibility index (Phi) is 5.74. The van der Waals surface area contributed by atoms with Crippen molar-refractivity contribution < 1.29 is 23.7 Å². The molecule has 0 saturated heterocycles. The highest BCUT2D eigenvalue weighted by Crippen LogP contribution is 2.45. The number of esters is 1. The summed E-state index contributed by atoms with van der Waals surface area (Å²) in [6.07, 6.45) is 0. The van der Waals surface area contributed by atoms with Crippen LogP contribution >= 0.6 is 0 Å². The van der Waals surface area contributed by atoms with E-state index >= 15 is 0 Å². The summed E-state index contributed by atoms with van der Waals surface area (Å²) in [6.45, 7) is 3.74. The largest absolute Gasteiger partial charge is 0.493 e. The standard InChI is InChI=1S/C17H23N3O5/c1-6-25-16(21)12-9(2)19-17(18)20-13(12)10-7-8-11(22-3)15(24-5)14(10)23-4/h7-8,13H,6H2,1-5H3,(H3,18,19,20). The third kappa shape index (κ3) is 3.47. The van der Waals surface area contributed by atoms with Gasteiger partial charge in [0.05, 0.1) is 33.5 Å². The predicted molar refractivity (Wildman–Crippen MR) is 92.9 cm³/mol. The first-order valence-corrected chi connectivity index (χ1v) is 7.75. The molecule has 1 aromatic carbocycles. The van der Waals surface area contributed by atoms with Gasteiger partial charge in [0.2, 0.25) is 5.75 Å². The van der Waals surface area contributed by atoms with Gasteiger partial charge in [-0.1, -0.05) is 0 Å². The van der Waals surface area contributed by atoms with E-state index in [9.17, 15) is 4.79 Å². The second-order valence-electron chi connectivity index (χ2n) is 5.22. The Morgan fingerprint density at radius 1 is 1.20 bits per heavy atom. The average Bonchev–Trinajstić information content (AvgIpc) is 2.59. The normalized spacial score (nSPS) is 16.7. The number of carbonyl (C=O) groups is 1. The molecule has 1 atom stereocenters. The lowest BCUT2D eigenvalue weighted by Crippen LogP contribution is -2.37. The van der Waals surface area contributed by atoms with Gasteiger partial charge in [0.25, 0.3) is 0 Å². The number of methoxy groups -OCH3 is 3. The minimum Gasteiger partial charge on any atom is -0.493 e. The number of rotatable bonds is 6. The first-order valence-electron chi connectivity index (χ1n) is 7.75. The lowest BCUT2D eigenvalue weighted by molar-refractivity contribution is -0.138. The Balaban J connectivity index is 2.64. The summed E-state index contributed by atoms with van der Waals surface area (Å²) in [7, 11) is 4.55. The van der Waals surface area contributed by atoms with Crippen molar-refractivity contribution in [1.29, 1.82) is 0 Å². The molecular weight excluding hydrogens is 326 g/mol. The molecule has 136 valence electrons. The van der Waals surface area contributed by atoms with Crippen LogP contribution in [-0.2, 0) is 9.53 Å². The Morgan fingerprint density at radius 2 is 1.88 bits per heavy atom. The van der Waals surface area contributed by atoms with Gasteiger partial charge in [0.15, 0.2) is 17.5 Å². The van der Waals surface area contributed by atoms with Crippen molar-refractivity contribution in [2.75, 3.05) is 27.9 Å². The number of ether oxygens (including phenoxy) is 4. The summed E-state index contributed by atoms with van der Waals surface area (Å²) >= 11 is 0. The molecule has 2 rings (SSSR count). The first kappa shape index (κ1) is 18.4. The van der Waals surface area contributed by atoms with Crippen LogP contribution in [0.2, 0.25) is 0 Å². The molecular formula is C17H23N3O5. The van der Waals surface area contributed by atoms with Crippen LogP contribution in [0.3, 0.4) is 0 Å². The fourth-order valence-electron chi connectivity index (χ4n) is 2.74. The Hall–Kier alpha value is -2.90. The van der Waals surface area contributed by atoms with Gasteiger partial charge in [-0.25, -0.2) is 9.79 Å². The highest BCUT2D eigenvalue weighted by molar-refractivity contribution is 5.95. The summed E-state index contributed by atoms with van der Waals surface area (Å²) in [6, 6.07) is 2.80. The number of hydrogen-bond acceptors (Lipinski definition) is 8. The van der Waals surface area contributed by atoms with Crippen LogP contribution in [0.15, 0.2) is 28.4 Å². The van der Waals surface area contributed by atoms with E-state index in [1.807, 2.05) is 0 Å². The second-order valence-corrected chi connectivity index (χ2v) is 5.22. The molecule has 3 N–H and O–H groups in total. The quantitative estimate of drug-likeness (QED) is 0.750. The smallest absolute Gasteiger partial charge is 0.338 e. The van der Waals surface area contributed by atoms with E-state index in [1.54, 1.807) is 26.0 Å². The van der Waals surface area contributed by atoms with Gasteiger partial charge in [-0.15, -0.1) is 0 Å². The number of benzene rings is 1. The van der Waals surface area contributed by atoms with Crippen LogP contribution in [0.25, 0.3) is 0 Å². The Labute approximate surface area is 146 Å². The van der Waals surface area contributed by atoms with Crippen LogP contribution in [0.5, 0.6) is 17.2 Å². The maximum atomic E-state index is 12.4. The van der Waals surface area contributed by atoms with Gasteiger partial charge in [0.1, 0.15) is 6.04 Å². The van der Waals surface area contributed by atoms with Crippen molar-refractivity contribution in [3.63, 3.8) is 0 Å². The number of allylic oxidation sites excluding steroid dienone is 1. The zero-order valence-corrected chi connectivity index (χ0v) is 15.0. The summed E-state index contributed by atoms with van der Waals surface area (Å²) in [5, 5.41) is 2.87. The summed E-state index contributed by atoms with van der Waals surface area (Å²) < 4.78 is 21.4. The molecule has 1 unspecified atom stereocenters. The number of hydrogen-bond donors (Lipinski definition) is 2. The predicted octanol–water partition coefficient (Wildman–Crippen LogP) is 1.51. The van der Waals surface area contributed by atoms with E-state index in [2.05, 4.69) is 10.3 Å². The number of nitrogens with one attached hydrogen (secondary N) is 1. The molecule has 0 amide bonds. The van der Waals surface area contributed by atoms with Crippen LogP contribution in [-0.4, -0.2) is 39.9 Å². The highest BCUT2D eigenvalue weighted by atomic mass is 16.5. The molecule has 0 saturated carbocycles. The van der Waals surface area contributed by atoms with E-state index in [0.717, 1.165) is 0 Å². The molecule has 0 spiro atoms. The minimum atomic E-state index is -0.685. The van der Waals surface area contributed by atoms with Crippen molar-refractivity contribution in [3.05, 3.63) is 29.0 Å². The number of nitrogens with two attached hydrogens (primary N) is 1. The van der Waals surface area contributed by atoms with E-state index in [1.165, 1.54) is 21.3 Å². The molecule has 0 aromatic heterocycles. The topological polar surface area (TPSA) is 104 Å². The van der Waals surface area contributed by atoms with Gasteiger partial charge in [-0.05, 0) is 26.0 Å². The molecule has 1 aromatic rings. The molecule has 0 aliphatic carbocycles. The summed E-state index contributed by atoms with van der Waals surface area (Å²) in [5.74, 6) is 1.07. The lowest BCUT2D eigenvalue weighted by atomic mass is 9.95. The molecule has 25 heavy (non-hydrogen) atoms. The van der Waals surface area contributed by atoms with Gasteiger partial charge in [-0.2, -0.15) is 0 Å². The number of carbonyl (C=O) groups excluding carboxylic acids is 1. The second kappa shape index (κ2) is 7.78. The minimum absolute atomic E-state index is 0.201. The molecule has 0 radical (unpaired) electrons. The monoisotopic (exact) mass is 349 g/mol.